The van der Waals surface area contributed by atoms with E-state index in [-0.39, 0.29) is 24.3 Å². The minimum atomic E-state index is -0.449. The van der Waals surface area contributed by atoms with Gasteiger partial charge in [0.05, 0.1) is 34.4 Å². The monoisotopic (exact) mass is 486 g/mol. The second-order valence-electron chi connectivity index (χ2n) is 8.25. The minimum absolute atomic E-state index is 0.110. The maximum absolute atomic E-state index is 13.4. The molecule has 2 aromatic rings. The molecule has 1 aliphatic heterocycles. The third-order valence-corrected chi connectivity index (χ3v) is 6.20. The quantitative estimate of drug-likeness (QED) is 0.488. The van der Waals surface area contributed by atoms with Gasteiger partial charge < -0.3 is 33.9 Å². The van der Waals surface area contributed by atoms with Crippen molar-refractivity contribution < 1.29 is 33.3 Å². The van der Waals surface area contributed by atoms with Crippen LogP contribution in [0.5, 0.6) is 23.0 Å². The van der Waals surface area contributed by atoms with Gasteiger partial charge in [0, 0.05) is 44.8 Å². The number of methoxy groups -OCH3 is 5. The molecule has 1 N–H and O–H groups in total. The van der Waals surface area contributed by atoms with Gasteiger partial charge in [-0.15, -0.1) is 0 Å². The standard InChI is InChI=1S/C26H34N2O7/c1-31-11-7-10-27-25(29)21-16-28(26(30)17-8-6-9-19(12-17)32-2)15-20(21)18-13-22(33-3)24(35-5)23(14-18)34-4/h6,8-9,12-14,20-21H,7,10-11,15-16H2,1-5H3,(H,27,29)/t20-,21-/m1/s1. The molecule has 9 nitrogen and oxygen atoms in total. The van der Waals surface area contributed by atoms with Gasteiger partial charge >= 0.3 is 0 Å². The highest BCUT2D eigenvalue weighted by Gasteiger charge is 2.41. The molecule has 3 rings (SSSR count). The number of rotatable bonds is 11. The summed E-state index contributed by atoms with van der Waals surface area (Å²) in [6.45, 7) is 1.70. The fraction of sp³-hybridized carbons (Fsp3) is 0.462. The van der Waals surface area contributed by atoms with Gasteiger partial charge in [0.25, 0.3) is 5.91 Å². The number of carbonyl (C=O) groups is 2. The summed E-state index contributed by atoms with van der Waals surface area (Å²) >= 11 is 0. The van der Waals surface area contributed by atoms with E-state index in [1.165, 1.54) is 0 Å². The zero-order chi connectivity index (χ0) is 25.4. The van der Waals surface area contributed by atoms with Crippen LogP contribution in [0.4, 0.5) is 0 Å². The van der Waals surface area contributed by atoms with Crippen LogP contribution in [0.1, 0.15) is 28.3 Å². The van der Waals surface area contributed by atoms with Gasteiger partial charge in [-0.2, -0.15) is 0 Å². The van der Waals surface area contributed by atoms with Crippen LogP contribution >= 0.6 is 0 Å². The molecular formula is C26H34N2O7. The van der Waals surface area contributed by atoms with Gasteiger partial charge in [-0.1, -0.05) is 6.07 Å². The van der Waals surface area contributed by atoms with Crippen molar-refractivity contribution in [3.8, 4) is 23.0 Å². The fourth-order valence-corrected chi connectivity index (χ4v) is 4.39. The molecule has 35 heavy (non-hydrogen) atoms. The summed E-state index contributed by atoms with van der Waals surface area (Å²) in [5, 5.41) is 2.99. The van der Waals surface area contributed by atoms with Crippen LogP contribution in [0, 0.1) is 5.92 Å². The molecule has 0 aromatic heterocycles. The maximum atomic E-state index is 13.4. The number of amides is 2. The number of nitrogens with zero attached hydrogens (tertiary/aromatic N) is 1. The van der Waals surface area contributed by atoms with Crippen molar-refractivity contribution in [1.29, 1.82) is 0 Å². The predicted octanol–water partition coefficient (Wildman–Crippen LogP) is 2.73. The highest BCUT2D eigenvalue weighted by atomic mass is 16.5. The lowest BCUT2D eigenvalue weighted by molar-refractivity contribution is -0.125. The highest BCUT2D eigenvalue weighted by Crippen LogP contribution is 2.43. The Morgan fingerprint density at radius 2 is 1.66 bits per heavy atom. The summed E-state index contributed by atoms with van der Waals surface area (Å²) in [6.07, 6.45) is 0.705. The smallest absolute Gasteiger partial charge is 0.254 e. The Morgan fingerprint density at radius 3 is 2.26 bits per heavy atom. The first-order valence-electron chi connectivity index (χ1n) is 11.5. The van der Waals surface area contributed by atoms with Crippen LogP contribution < -0.4 is 24.3 Å². The van der Waals surface area contributed by atoms with E-state index in [0.29, 0.717) is 54.7 Å². The molecule has 0 radical (unpaired) electrons. The predicted molar refractivity (Wildman–Crippen MR) is 131 cm³/mol. The van der Waals surface area contributed by atoms with Gasteiger partial charge in [-0.05, 0) is 42.3 Å². The number of hydrogen-bond donors (Lipinski definition) is 1. The van der Waals surface area contributed by atoms with Gasteiger partial charge in [0.1, 0.15) is 5.75 Å². The second kappa shape index (κ2) is 12.3. The molecule has 190 valence electrons. The van der Waals surface area contributed by atoms with Crippen molar-refractivity contribution in [3.63, 3.8) is 0 Å². The molecule has 2 aromatic carbocycles. The SMILES string of the molecule is COCCCNC(=O)[C@@H]1CN(C(=O)c2cccc(OC)c2)C[C@@H]1c1cc(OC)c(OC)c(OC)c1. The lowest BCUT2D eigenvalue weighted by Crippen LogP contribution is -2.36. The van der Waals surface area contributed by atoms with Gasteiger partial charge in [-0.3, -0.25) is 9.59 Å². The number of hydrogen-bond acceptors (Lipinski definition) is 7. The number of carbonyl (C=O) groups excluding carboxylic acids is 2. The van der Waals surface area contributed by atoms with Gasteiger partial charge in [-0.25, -0.2) is 0 Å². The average Bonchev–Trinajstić information content (AvgIpc) is 3.35. The molecule has 9 heteroatoms. The van der Waals surface area contributed by atoms with Crippen LogP contribution in [0.2, 0.25) is 0 Å². The number of ether oxygens (including phenoxy) is 5. The van der Waals surface area contributed by atoms with Crippen LogP contribution in [0.3, 0.4) is 0 Å². The van der Waals surface area contributed by atoms with Crippen molar-refractivity contribution in [3.05, 3.63) is 47.5 Å². The molecule has 2 atom stereocenters. The molecular weight excluding hydrogens is 452 g/mol. The first kappa shape index (κ1) is 26.2. The molecule has 1 aliphatic rings. The van der Waals surface area contributed by atoms with Crippen LogP contribution in [0.25, 0.3) is 0 Å². The minimum Gasteiger partial charge on any atom is -0.497 e. The normalized spacial score (nSPS) is 17.1. The third kappa shape index (κ3) is 5.97. The Labute approximate surface area is 206 Å². The zero-order valence-corrected chi connectivity index (χ0v) is 21.0. The Bertz CT molecular complexity index is 1000. The fourth-order valence-electron chi connectivity index (χ4n) is 4.39. The first-order valence-corrected chi connectivity index (χ1v) is 11.5. The van der Waals surface area contributed by atoms with Crippen LogP contribution in [-0.2, 0) is 9.53 Å². The van der Waals surface area contributed by atoms with Gasteiger partial charge in [0.15, 0.2) is 11.5 Å². The second-order valence-corrected chi connectivity index (χ2v) is 8.25. The topological polar surface area (TPSA) is 95.6 Å². The van der Waals surface area contributed by atoms with Crippen molar-refractivity contribution in [1.82, 2.24) is 10.2 Å². The maximum Gasteiger partial charge on any atom is 0.254 e. The summed E-state index contributed by atoms with van der Waals surface area (Å²) in [5.74, 6) is 1.09. The largest absolute Gasteiger partial charge is 0.497 e. The van der Waals surface area contributed by atoms with Crippen molar-refractivity contribution in [2.24, 2.45) is 5.92 Å². The summed E-state index contributed by atoms with van der Waals surface area (Å²) in [6, 6.07) is 10.7. The average molecular weight is 487 g/mol. The number of nitrogens with one attached hydrogen (secondary N) is 1. The van der Waals surface area contributed by atoms with Crippen LogP contribution in [0.15, 0.2) is 36.4 Å². The van der Waals surface area contributed by atoms with Crippen molar-refractivity contribution in [2.75, 3.05) is 61.8 Å². The zero-order valence-electron chi connectivity index (χ0n) is 21.0. The van der Waals surface area contributed by atoms with Crippen molar-refractivity contribution >= 4 is 11.8 Å². The molecule has 1 heterocycles. The summed E-state index contributed by atoms with van der Waals surface area (Å²) in [7, 11) is 7.83. The van der Waals surface area contributed by atoms with E-state index in [1.54, 1.807) is 64.7 Å². The van der Waals surface area contributed by atoms with E-state index >= 15 is 0 Å². The molecule has 0 saturated carbocycles. The van der Waals surface area contributed by atoms with E-state index in [0.717, 1.165) is 5.56 Å². The van der Waals surface area contributed by atoms with Crippen LogP contribution in [-0.4, -0.2) is 78.5 Å². The highest BCUT2D eigenvalue weighted by molar-refractivity contribution is 5.95. The van der Waals surface area contributed by atoms with E-state index in [4.69, 9.17) is 23.7 Å². The lowest BCUT2D eigenvalue weighted by Gasteiger charge is -2.21. The van der Waals surface area contributed by atoms with Crippen molar-refractivity contribution in [2.45, 2.75) is 12.3 Å². The molecule has 0 bridgehead atoms. The molecule has 0 aliphatic carbocycles. The molecule has 2 amide bonds. The Balaban J connectivity index is 1.93. The summed E-state index contributed by atoms with van der Waals surface area (Å²) < 4.78 is 26.8. The third-order valence-electron chi connectivity index (χ3n) is 6.20. The lowest BCUT2D eigenvalue weighted by atomic mass is 9.88. The van der Waals surface area contributed by atoms with E-state index in [2.05, 4.69) is 5.32 Å². The van der Waals surface area contributed by atoms with E-state index in [1.807, 2.05) is 12.1 Å². The number of benzene rings is 2. The Hall–Kier alpha value is -3.46. The van der Waals surface area contributed by atoms with Gasteiger partial charge in [0.2, 0.25) is 11.7 Å². The van der Waals surface area contributed by atoms with E-state index < -0.39 is 5.92 Å². The summed E-state index contributed by atoms with van der Waals surface area (Å²) in [4.78, 5) is 28.3. The molecule has 0 unspecified atom stereocenters. The molecule has 0 spiro atoms. The summed E-state index contributed by atoms with van der Waals surface area (Å²) in [5.41, 5.74) is 1.34. The Kier molecular flexibility index (Phi) is 9.19. The Morgan fingerprint density at radius 1 is 0.943 bits per heavy atom. The first-order chi connectivity index (χ1) is 17.0. The van der Waals surface area contributed by atoms with E-state index in [9.17, 15) is 9.59 Å². The molecule has 1 saturated heterocycles. The molecule has 1 fully saturated rings. The number of likely N-dealkylation sites (tertiary alicyclic amines) is 1.